The van der Waals surface area contributed by atoms with E-state index < -0.39 is 0 Å². The molecule has 0 aromatic carbocycles. The van der Waals surface area contributed by atoms with Gasteiger partial charge in [0.25, 0.3) is 4.84 Å². The molecule has 0 unspecified atom stereocenters. The summed E-state index contributed by atoms with van der Waals surface area (Å²) in [5.41, 5.74) is 1.62. The molecule has 1 heterocycles. The van der Waals surface area contributed by atoms with Gasteiger partial charge >= 0.3 is 0 Å². The second kappa shape index (κ2) is 11.7. The van der Waals surface area contributed by atoms with E-state index in [1.54, 1.807) is 26.0 Å². The van der Waals surface area contributed by atoms with Crippen LogP contribution in [0.3, 0.4) is 0 Å². The Balaban J connectivity index is 0. The Morgan fingerprint density at radius 3 is 2.21 bits per heavy atom. The van der Waals surface area contributed by atoms with Crippen molar-refractivity contribution in [3.8, 4) is 0 Å². The number of oxazole rings is 1. The summed E-state index contributed by atoms with van der Waals surface area (Å²) in [6.07, 6.45) is 3.77. The summed E-state index contributed by atoms with van der Waals surface area (Å²) in [5, 5.41) is 0. The predicted octanol–water partition coefficient (Wildman–Crippen LogP) is 5.25. The molecule has 19 heavy (non-hydrogen) atoms. The van der Waals surface area contributed by atoms with E-state index in [1.807, 2.05) is 27.7 Å². The van der Waals surface area contributed by atoms with E-state index in [4.69, 9.17) is 16.6 Å². The Morgan fingerprint density at radius 1 is 1.37 bits per heavy atom. The molecule has 0 fully saturated rings. The van der Waals surface area contributed by atoms with Gasteiger partial charge in [0.1, 0.15) is 11.5 Å². The third kappa shape index (κ3) is 7.57. The average molecular weight is 283 g/mol. The summed E-state index contributed by atoms with van der Waals surface area (Å²) in [6, 6.07) is 0. The van der Waals surface area contributed by atoms with Crippen LogP contribution in [0.25, 0.3) is 5.57 Å². The van der Waals surface area contributed by atoms with Gasteiger partial charge in [-0.3, -0.25) is 4.79 Å². The Morgan fingerprint density at radius 2 is 1.89 bits per heavy atom. The molecule has 0 aliphatic carbocycles. The van der Waals surface area contributed by atoms with Crippen LogP contribution in [0, 0.1) is 11.8 Å². The highest BCUT2D eigenvalue weighted by Crippen LogP contribution is 2.21. The summed E-state index contributed by atoms with van der Waals surface area (Å²) >= 11 is 4.88. The molecule has 0 radical (unpaired) electrons. The molecule has 1 rings (SSSR count). The van der Waals surface area contributed by atoms with Gasteiger partial charge in [-0.1, -0.05) is 46.4 Å². The number of carbonyl (C=O) groups excluding carboxylic acids is 1. The molecule has 4 heteroatoms. The van der Waals surface area contributed by atoms with Crippen molar-refractivity contribution in [1.82, 2.24) is 4.98 Å². The monoisotopic (exact) mass is 283 g/mol. The second-order valence-corrected chi connectivity index (χ2v) is 3.62. The van der Waals surface area contributed by atoms with Crippen molar-refractivity contribution < 1.29 is 9.21 Å². The minimum absolute atomic E-state index is 0.0861. The quantitative estimate of drug-likeness (QED) is 0.606. The van der Waals surface area contributed by atoms with Gasteiger partial charge in [-0.25, -0.2) is 0 Å². The van der Waals surface area contributed by atoms with Gasteiger partial charge in [-0.2, -0.15) is 0 Å². The maximum atomic E-state index is 11.1. The summed E-state index contributed by atoms with van der Waals surface area (Å²) in [5.74, 6) is 0.775. The maximum Gasteiger partial charge on any atom is 0.266 e. The lowest BCUT2D eigenvalue weighted by atomic mass is 10.1. The Kier molecular flexibility index (Phi) is 12.2. The van der Waals surface area contributed by atoms with E-state index in [1.165, 1.54) is 0 Å². The zero-order valence-electron chi connectivity index (χ0n) is 12.8. The minimum atomic E-state index is 0.0861. The topological polar surface area (TPSA) is 46.0 Å². The Labute approximate surface area is 121 Å². The van der Waals surface area contributed by atoms with E-state index in [0.717, 1.165) is 11.3 Å². The molecule has 0 spiro atoms. The normalized spacial score (nSPS) is 9.68. The molecule has 1 aromatic heterocycles. The number of carbonyl (C=O) groups is 1. The van der Waals surface area contributed by atoms with E-state index in [2.05, 4.69) is 11.6 Å². The van der Waals surface area contributed by atoms with Crippen molar-refractivity contribution in [2.24, 2.45) is 0 Å². The van der Waals surface area contributed by atoms with Crippen LogP contribution < -0.4 is 0 Å². The molecule has 1 N–H and O–H groups in total. The predicted molar refractivity (Wildman–Crippen MR) is 84.8 cm³/mol. The number of ketones is 1. The van der Waals surface area contributed by atoms with Crippen LogP contribution in [0.2, 0.25) is 0 Å². The van der Waals surface area contributed by atoms with Crippen LogP contribution in [-0.4, -0.2) is 10.8 Å². The third-order valence-corrected chi connectivity index (χ3v) is 2.09. The first-order valence-electron chi connectivity index (χ1n) is 6.55. The minimum Gasteiger partial charge on any atom is -0.434 e. The lowest BCUT2D eigenvalue weighted by Gasteiger charge is -2.01. The number of Topliss-reactive ketones (excluding diaryl/α,β-unsaturated/α-hetero) is 1. The van der Waals surface area contributed by atoms with Gasteiger partial charge in [-0.05, 0) is 31.6 Å². The van der Waals surface area contributed by atoms with Crippen molar-refractivity contribution in [2.45, 2.75) is 48.0 Å². The molecule has 108 valence electrons. The van der Waals surface area contributed by atoms with Crippen molar-refractivity contribution in [3.63, 3.8) is 0 Å². The lowest BCUT2D eigenvalue weighted by molar-refractivity contribution is -0.116. The van der Waals surface area contributed by atoms with E-state index in [0.29, 0.717) is 17.0 Å². The highest BCUT2D eigenvalue weighted by Gasteiger charge is 2.10. The molecule has 0 bridgehead atoms. The molecule has 0 aliphatic heterocycles. The van der Waals surface area contributed by atoms with Crippen LogP contribution in [-0.2, 0) is 4.79 Å². The molecule has 0 saturated carbocycles. The number of H-pyrrole nitrogens is 1. The molecule has 0 amide bonds. The number of allylic oxidation sites excluding steroid dienone is 3. The largest absolute Gasteiger partial charge is 0.434 e. The fourth-order valence-electron chi connectivity index (χ4n) is 1.35. The van der Waals surface area contributed by atoms with Crippen LogP contribution in [0.15, 0.2) is 23.1 Å². The fraction of sp³-hybridized carbons (Fsp3) is 0.467. The zero-order valence-corrected chi connectivity index (χ0v) is 13.6. The van der Waals surface area contributed by atoms with Gasteiger partial charge in [0.15, 0.2) is 0 Å². The molecule has 3 nitrogen and oxygen atoms in total. The smallest absolute Gasteiger partial charge is 0.266 e. The Bertz CT molecular complexity index is 467. The second-order valence-electron chi connectivity index (χ2n) is 3.25. The van der Waals surface area contributed by atoms with Crippen molar-refractivity contribution in [2.75, 3.05) is 0 Å². The molecule has 0 atom stereocenters. The average Bonchev–Trinajstić information content (AvgIpc) is 2.72. The highest BCUT2D eigenvalue weighted by molar-refractivity contribution is 7.71. The lowest BCUT2D eigenvalue weighted by Crippen LogP contribution is -1.95. The fourth-order valence-corrected chi connectivity index (χ4v) is 1.58. The van der Waals surface area contributed by atoms with Gasteiger partial charge < -0.3 is 9.40 Å². The van der Waals surface area contributed by atoms with Gasteiger partial charge in [-0.15, -0.1) is 0 Å². The van der Waals surface area contributed by atoms with Crippen molar-refractivity contribution >= 4 is 23.6 Å². The number of aromatic nitrogens is 1. The van der Waals surface area contributed by atoms with Crippen LogP contribution in [0.4, 0.5) is 0 Å². The summed E-state index contributed by atoms with van der Waals surface area (Å²) in [4.78, 5) is 14.3. The molecular formula is C15H25NO2S. The van der Waals surface area contributed by atoms with Crippen LogP contribution in [0.1, 0.15) is 52.5 Å². The van der Waals surface area contributed by atoms with Crippen molar-refractivity contribution in [3.05, 3.63) is 35.0 Å². The van der Waals surface area contributed by atoms with Gasteiger partial charge in [0.05, 0.1) is 5.69 Å². The van der Waals surface area contributed by atoms with E-state index in [9.17, 15) is 4.79 Å². The number of nitrogens with one attached hydrogen (secondary N) is 1. The molecule has 1 aromatic rings. The molecule has 0 saturated heterocycles. The van der Waals surface area contributed by atoms with Crippen molar-refractivity contribution in [1.29, 1.82) is 0 Å². The van der Waals surface area contributed by atoms with Gasteiger partial charge in [0, 0.05) is 6.42 Å². The number of hydrogen-bond acceptors (Lipinski definition) is 3. The van der Waals surface area contributed by atoms with Crippen LogP contribution in [0.5, 0.6) is 0 Å². The SMILES string of the molecule is C=C/C=C(/CC(C)=O)c1[nH]c(=S)oc1C.CC.CC. The third-order valence-electron chi connectivity index (χ3n) is 1.90. The highest BCUT2D eigenvalue weighted by atomic mass is 32.1. The van der Waals surface area contributed by atoms with Crippen LogP contribution >= 0.6 is 12.2 Å². The van der Waals surface area contributed by atoms with E-state index >= 15 is 0 Å². The van der Waals surface area contributed by atoms with Gasteiger partial charge in [0.2, 0.25) is 0 Å². The number of aromatic amines is 1. The number of hydrogen-bond donors (Lipinski definition) is 1. The van der Waals surface area contributed by atoms with E-state index in [-0.39, 0.29) is 5.78 Å². The Hall–Kier alpha value is -1.42. The summed E-state index contributed by atoms with van der Waals surface area (Å²) in [6.45, 7) is 15.0. The first-order chi connectivity index (χ1) is 9.04. The zero-order chi connectivity index (χ0) is 15.4. The number of aryl methyl sites for hydroxylation is 1. The first kappa shape index (κ1) is 19.9. The first-order valence-corrected chi connectivity index (χ1v) is 6.96. The number of rotatable bonds is 4. The standard InChI is InChI=1S/C11H13NO2S.2C2H6/c1-4-5-9(6-7(2)13)10-8(3)14-11(15)12-10;2*1-2/h4-5H,1,6H2,2-3H3,(H,12,15);2*1-2H3/b9-5-;;. The molecule has 0 aliphatic rings. The summed E-state index contributed by atoms with van der Waals surface area (Å²) in [7, 11) is 0. The molecular weight excluding hydrogens is 258 g/mol. The summed E-state index contributed by atoms with van der Waals surface area (Å²) < 4.78 is 5.20. The maximum absolute atomic E-state index is 11.1.